The number of hydrogen-bond acceptors (Lipinski definition) is 4. The topological polar surface area (TPSA) is 62.0 Å². The number of amides is 1. The van der Waals surface area contributed by atoms with E-state index in [0.29, 0.717) is 16.8 Å². The van der Waals surface area contributed by atoms with Gasteiger partial charge in [-0.05, 0) is 53.9 Å². The molecule has 0 unspecified atom stereocenters. The lowest BCUT2D eigenvalue weighted by atomic mass is 10.1. The van der Waals surface area contributed by atoms with E-state index in [1.165, 1.54) is 16.9 Å². The molecule has 0 saturated heterocycles. The summed E-state index contributed by atoms with van der Waals surface area (Å²) in [5, 5.41) is 8.61. The maximum atomic E-state index is 12.4. The SMILES string of the molecule is Cc1ccc2[nH]c(=O)c3cc(C(=O)NCCc4ccsc4)sc3c2c1. The molecule has 0 saturated carbocycles. The number of aryl methyl sites for hydroxylation is 1. The zero-order valence-electron chi connectivity index (χ0n) is 13.6. The van der Waals surface area contributed by atoms with Gasteiger partial charge in [0.15, 0.2) is 0 Å². The fourth-order valence-electron chi connectivity index (χ4n) is 2.86. The minimum atomic E-state index is -0.153. The summed E-state index contributed by atoms with van der Waals surface area (Å²) in [6, 6.07) is 9.68. The van der Waals surface area contributed by atoms with Crippen molar-refractivity contribution in [3.8, 4) is 0 Å². The summed E-state index contributed by atoms with van der Waals surface area (Å²) in [4.78, 5) is 28.2. The molecule has 0 aliphatic heterocycles. The Hall–Kier alpha value is -2.44. The van der Waals surface area contributed by atoms with Crippen LogP contribution in [0.2, 0.25) is 0 Å². The van der Waals surface area contributed by atoms with Crippen LogP contribution in [0.3, 0.4) is 0 Å². The fraction of sp³-hybridized carbons (Fsp3) is 0.158. The van der Waals surface area contributed by atoms with Crippen molar-refractivity contribution in [3.05, 3.63) is 67.4 Å². The largest absolute Gasteiger partial charge is 0.351 e. The second-order valence-electron chi connectivity index (χ2n) is 5.99. The number of carbonyl (C=O) groups is 1. The third-order valence-electron chi connectivity index (χ3n) is 4.15. The van der Waals surface area contributed by atoms with Crippen molar-refractivity contribution in [1.29, 1.82) is 0 Å². The molecule has 4 nitrogen and oxygen atoms in total. The van der Waals surface area contributed by atoms with E-state index in [-0.39, 0.29) is 11.5 Å². The molecular formula is C19H16N2O2S2. The Morgan fingerprint density at radius 2 is 2.08 bits per heavy atom. The molecule has 4 aromatic rings. The number of fused-ring (bicyclic) bond motifs is 3. The summed E-state index contributed by atoms with van der Waals surface area (Å²) in [5.74, 6) is -0.128. The first-order valence-corrected chi connectivity index (χ1v) is 9.73. The quantitative estimate of drug-likeness (QED) is 0.570. The molecule has 0 fully saturated rings. The zero-order valence-corrected chi connectivity index (χ0v) is 15.2. The average Bonchev–Trinajstić information content (AvgIpc) is 3.25. The van der Waals surface area contributed by atoms with Crippen molar-refractivity contribution in [3.63, 3.8) is 0 Å². The number of hydrogen-bond donors (Lipinski definition) is 2. The summed E-state index contributed by atoms with van der Waals surface area (Å²) in [7, 11) is 0. The van der Waals surface area contributed by atoms with Gasteiger partial charge < -0.3 is 10.3 Å². The molecule has 25 heavy (non-hydrogen) atoms. The number of thiophene rings is 2. The lowest BCUT2D eigenvalue weighted by molar-refractivity contribution is 0.0958. The van der Waals surface area contributed by atoms with Crippen LogP contribution < -0.4 is 10.9 Å². The number of pyridine rings is 1. The number of carbonyl (C=O) groups excluding carboxylic acids is 1. The second-order valence-corrected chi connectivity index (χ2v) is 7.83. The summed E-state index contributed by atoms with van der Waals surface area (Å²) in [6.07, 6.45) is 0.808. The molecule has 0 spiro atoms. The van der Waals surface area contributed by atoms with Crippen molar-refractivity contribution >= 4 is 49.6 Å². The summed E-state index contributed by atoms with van der Waals surface area (Å²) < 4.78 is 0.866. The van der Waals surface area contributed by atoms with Crippen LogP contribution in [0.5, 0.6) is 0 Å². The molecule has 1 amide bonds. The van der Waals surface area contributed by atoms with Gasteiger partial charge in [0.25, 0.3) is 11.5 Å². The molecule has 4 rings (SSSR count). The first-order chi connectivity index (χ1) is 12.1. The van der Waals surface area contributed by atoms with Crippen LogP contribution >= 0.6 is 22.7 Å². The summed E-state index contributed by atoms with van der Waals surface area (Å²) >= 11 is 3.03. The van der Waals surface area contributed by atoms with Gasteiger partial charge in [-0.25, -0.2) is 0 Å². The predicted molar refractivity (Wildman–Crippen MR) is 105 cm³/mol. The minimum absolute atomic E-state index is 0.128. The number of aromatic nitrogens is 1. The maximum absolute atomic E-state index is 12.4. The second kappa shape index (κ2) is 6.46. The molecule has 0 aliphatic carbocycles. The third kappa shape index (κ3) is 3.10. The van der Waals surface area contributed by atoms with Crippen LogP contribution in [-0.4, -0.2) is 17.4 Å². The lowest BCUT2D eigenvalue weighted by Gasteiger charge is -2.02. The predicted octanol–water partition coefficient (Wildman–Crippen LogP) is 4.09. The van der Waals surface area contributed by atoms with Crippen LogP contribution in [0.4, 0.5) is 0 Å². The molecule has 6 heteroatoms. The van der Waals surface area contributed by atoms with E-state index in [1.807, 2.05) is 30.5 Å². The highest BCUT2D eigenvalue weighted by Gasteiger charge is 2.14. The Morgan fingerprint density at radius 1 is 1.20 bits per heavy atom. The monoisotopic (exact) mass is 368 g/mol. The van der Waals surface area contributed by atoms with E-state index in [1.54, 1.807) is 17.4 Å². The standard InChI is InChI=1S/C19H16N2O2S2/c1-11-2-3-15-13(8-11)17-14(18(22)21-15)9-16(25-17)19(23)20-6-4-12-5-7-24-10-12/h2-3,5,7-10H,4,6H2,1H3,(H,20,23)(H,21,22). The van der Waals surface area contributed by atoms with Crippen LogP contribution in [0.25, 0.3) is 21.0 Å². The molecule has 3 heterocycles. The van der Waals surface area contributed by atoms with Crippen LogP contribution in [0.1, 0.15) is 20.8 Å². The highest BCUT2D eigenvalue weighted by Crippen LogP contribution is 2.30. The molecule has 126 valence electrons. The molecule has 0 radical (unpaired) electrons. The molecule has 0 bridgehead atoms. The smallest absolute Gasteiger partial charge is 0.261 e. The molecule has 0 aliphatic rings. The van der Waals surface area contributed by atoms with Crippen LogP contribution in [0.15, 0.2) is 45.9 Å². The number of H-pyrrole nitrogens is 1. The Bertz CT molecular complexity index is 1120. The number of benzene rings is 1. The van der Waals surface area contributed by atoms with E-state index in [2.05, 4.69) is 21.7 Å². The number of rotatable bonds is 4. The summed E-state index contributed by atoms with van der Waals surface area (Å²) in [6.45, 7) is 2.60. The van der Waals surface area contributed by atoms with Gasteiger partial charge in [0.1, 0.15) is 0 Å². The van der Waals surface area contributed by atoms with Gasteiger partial charge >= 0.3 is 0 Å². The van der Waals surface area contributed by atoms with Gasteiger partial charge in [0, 0.05) is 22.1 Å². The Morgan fingerprint density at radius 3 is 2.88 bits per heavy atom. The average molecular weight is 368 g/mol. The Balaban J connectivity index is 1.65. The van der Waals surface area contributed by atoms with E-state index in [9.17, 15) is 9.59 Å². The molecule has 3 aromatic heterocycles. The fourth-order valence-corrected chi connectivity index (χ4v) is 4.66. The van der Waals surface area contributed by atoms with Crippen molar-refractivity contribution in [2.45, 2.75) is 13.3 Å². The van der Waals surface area contributed by atoms with Gasteiger partial charge in [-0.2, -0.15) is 11.3 Å². The van der Waals surface area contributed by atoms with Crippen molar-refractivity contribution in [2.24, 2.45) is 0 Å². The van der Waals surface area contributed by atoms with E-state index >= 15 is 0 Å². The van der Waals surface area contributed by atoms with E-state index in [0.717, 1.165) is 27.6 Å². The Kier molecular flexibility index (Phi) is 4.15. The van der Waals surface area contributed by atoms with Gasteiger partial charge in [-0.15, -0.1) is 11.3 Å². The van der Waals surface area contributed by atoms with E-state index < -0.39 is 0 Å². The normalized spacial score (nSPS) is 11.2. The molecule has 1 aromatic carbocycles. The van der Waals surface area contributed by atoms with Crippen LogP contribution in [0, 0.1) is 6.92 Å². The van der Waals surface area contributed by atoms with Gasteiger partial charge in [-0.3, -0.25) is 9.59 Å². The third-order valence-corrected chi connectivity index (χ3v) is 6.05. The van der Waals surface area contributed by atoms with Crippen molar-refractivity contribution in [1.82, 2.24) is 10.3 Å². The van der Waals surface area contributed by atoms with Gasteiger partial charge in [0.05, 0.1) is 10.3 Å². The highest BCUT2D eigenvalue weighted by molar-refractivity contribution is 7.21. The van der Waals surface area contributed by atoms with Gasteiger partial charge in [0.2, 0.25) is 0 Å². The van der Waals surface area contributed by atoms with Crippen molar-refractivity contribution < 1.29 is 4.79 Å². The highest BCUT2D eigenvalue weighted by atomic mass is 32.1. The first-order valence-electron chi connectivity index (χ1n) is 7.97. The molecule has 2 N–H and O–H groups in total. The minimum Gasteiger partial charge on any atom is -0.351 e. The zero-order chi connectivity index (χ0) is 17.4. The first kappa shape index (κ1) is 16.1. The van der Waals surface area contributed by atoms with E-state index in [4.69, 9.17) is 0 Å². The lowest BCUT2D eigenvalue weighted by Crippen LogP contribution is -2.24. The summed E-state index contributed by atoms with van der Waals surface area (Å²) in [5.41, 5.74) is 2.99. The number of nitrogens with one attached hydrogen (secondary N) is 2. The van der Waals surface area contributed by atoms with Crippen molar-refractivity contribution in [2.75, 3.05) is 6.54 Å². The maximum Gasteiger partial charge on any atom is 0.261 e. The molecule has 0 atom stereocenters. The Labute approximate surface area is 152 Å². The molecular weight excluding hydrogens is 352 g/mol. The van der Waals surface area contributed by atoms with Crippen LogP contribution in [-0.2, 0) is 6.42 Å². The number of aromatic amines is 1. The van der Waals surface area contributed by atoms with Gasteiger partial charge in [-0.1, -0.05) is 11.6 Å².